The van der Waals surface area contributed by atoms with Gasteiger partial charge in [-0.2, -0.15) is 16.7 Å². The van der Waals surface area contributed by atoms with Crippen LogP contribution in [-0.2, 0) is 0 Å². The number of anilines is 1. The van der Waals surface area contributed by atoms with Crippen LogP contribution in [0.4, 0.5) is 5.13 Å². The van der Waals surface area contributed by atoms with E-state index in [1.54, 1.807) is 5.38 Å². The number of aromatic hydroxyl groups is 1. The van der Waals surface area contributed by atoms with Gasteiger partial charge in [0.2, 0.25) is 5.88 Å². The van der Waals surface area contributed by atoms with E-state index in [0.717, 1.165) is 17.6 Å². The molecule has 2 rings (SSSR count). The molecule has 0 aromatic carbocycles. The molecule has 0 atom stereocenters. The van der Waals surface area contributed by atoms with Crippen molar-refractivity contribution in [3.05, 3.63) is 5.38 Å². The molecule has 1 aromatic rings. The first kappa shape index (κ1) is 10.1. The zero-order valence-electron chi connectivity index (χ0n) is 7.90. The van der Waals surface area contributed by atoms with E-state index in [1.165, 1.54) is 35.7 Å². The summed E-state index contributed by atoms with van der Waals surface area (Å²) in [7, 11) is 0. The number of rotatable bonds is 3. The quantitative estimate of drug-likeness (QED) is 0.837. The van der Waals surface area contributed by atoms with Crippen molar-refractivity contribution in [2.24, 2.45) is 5.92 Å². The van der Waals surface area contributed by atoms with Crippen molar-refractivity contribution in [1.82, 2.24) is 4.98 Å². The minimum absolute atomic E-state index is 0.122. The lowest BCUT2D eigenvalue weighted by Crippen LogP contribution is -2.18. The molecule has 14 heavy (non-hydrogen) atoms. The average molecular weight is 230 g/mol. The van der Waals surface area contributed by atoms with E-state index in [0.29, 0.717) is 0 Å². The number of thiazole rings is 1. The highest BCUT2D eigenvalue weighted by molar-refractivity contribution is 7.99. The molecule has 0 unspecified atom stereocenters. The molecule has 78 valence electrons. The molecule has 1 aliphatic heterocycles. The molecule has 0 spiro atoms. The van der Waals surface area contributed by atoms with E-state index >= 15 is 0 Å². The summed E-state index contributed by atoms with van der Waals surface area (Å²) in [5, 5.41) is 14.8. The van der Waals surface area contributed by atoms with E-state index in [-0.39, 0.29) is 5.88 Å². The van der Waals surface area contributed by atoms with E-state index in [4.69, 9.17) is 5.11 Å². The molecule has 2 heterocycles. The Balaban J connectivity index is 1.76. The Labute approximate surface area is 91.9 Å². The maximum atomic E-state index is 9.05. The van der Waals surface area contributed by atoms with Gasteiger partial charge < -0.3 is 10.4 Å². The van der Waals surface area contributed by atoms with Crippen LogP contribution in [-0.4, -0.2) is 28.1 Å². The Kier molecular flexibility index (Phi) is 3.53. The molecular weight excluding hydrogens is 216 g/mol. The summed E-state index contributed by atoms with van der Waals surface area (Å²) in [6.45, 7) is 0.994. The second-order valence-electron chi connectivity index (χ2n) is 3.45. The van der Waals surface area contributed by atoms with Crippen LogP contribution in [0.25, 0.3) is 0 Å². The fraction of sp³-hybridized carbons (Fsp3) is 0.667. The number of nitrogens with one attached hydrogen (secondary N) is 1. The Bertz CT molecular complexity index is 284. The third-order valence-electron chi connectivity index (χ3n) is 2.37. The van der Waals surface area contributed by atoms with Gasteiger partial charge >= 0.3 is 0 Å². The van der Waals surface area contributed by atoms with Crippen molar-refractivity contribution >= 4 is 28.2 Å². The smallest absolute Gasteiger partial charge is 0.223 e. The number of thioether (sulfide) groups is 1. The first-order valence-corrected chi connectivity index (χ1v) is 6.84. The lowest BCUT2D eigenvalue weighted by molar-refractivity contribution is 0.457. The van der Waals surface area contributed by atoms with Crippen LogP contribution in [0.2, 0.25) is 0 Å². The van der Waals surface area contributed by atoms with Crippen molar-refractivity contribution in [3.63, 3.8) is 0 Å². The van der Waals surface area contributed by atoms with Crippen molar-refractivity contribution in [3.8, 4) is 5.88 Å². The van der Waals surface area contributed by atoms with Crippen LogP contribution in [0.1, 0.15) is 12.8 Å². The van der Waals surface area contributed by atoms with Gasteiger partial charge in [0.05, 0.1) is 5.38 Å². The minimum atomic E-state index is 0.122. The van der Waals surface area contributed by atoms with Gasteiger partial charge in [0.25, 0.3) is 0 Å². The second-order valence-corrected chi connectivity index (χ2v) is 5.53. The summed E-state index contributed by atoms with van der Waals surface area (Å²) in [5.74, 6) is 3.48. The monoisotopic (exact) mass is 230 g/mol. The molecule has 0 radical (unpaired) electrons. The van der Waals surface area contributed by atoms with Crippen LogP contribution in [0.3, 0.4) is 0 Å². The van der Waals surface area contributed by atoms with Crippen molar-refractivity contribution in [1.29, 1.82) is 0 Å². The normalized spacial score (nSPS) is 18.3. The predicted octanol–water partition coefficient (Wildman–Crippen LogP) is 2.40. The van der Waals surface area contributed by atoms with Gasteiger partial charge in [0, 0.05) is 6.54 Å². The molecule has 0 saturated carbocycles. The summed E-state index contributed by atoms with van der Waals surface area (Å²) in [6, 6.07) is 0. The van der Waals surface area contributed by atoms with Crippen LogP contribution >= 0.6 is 23.1 Å². The minimum Gasteiger partial charge on any atom is -0.493 e. The second kappa shape index (κ2) is 4.89. The SMILES string of the molecule is Oc1csc(NCC2CCSCC2)n1. The van der Waals surface area contributed by atoms with Gasteiger partial charge in [-0.15, -0.1) is 11.3 Å². The van der Waals surface area contributed by atoms with Gasteiger partial charge in [-0.05, 0) is 30.3 Å². The van der Waals surface area contributed by atoms with Gasteiger partial charge in [0.1, 0.15) is 0 Å². The van der Waals surface area contributed by atoms with E-state index in [9.17, 15) is 0 Å². The molecule has 1 fully saturated rings. The molecule has 0 bridgehead atoms. The highest BCUT2D eigenvalue weighted by Gasteiger charge is 2.13. The molecule has 1 aliphatic rings. The fourth-order valence-electron chi connectivity index (χ4n) is 1.53. The maximum Gasteiger partial charge on any atom is 0.223 e. The predicted molar refractivity (Wildman–Crippen MR) is 62.3 cm³/mol. The summed E-state index contributed by atoms with van der Waals surface area (Å²) >= 11 is 3.50. The zero-order valence-corrected chi connectivity index (χ0v) is 9.53. The zero-order chi connectivity index (χ0) is 9.80. The summed E-state index contributed by atoms with van der Waals surface area (Å²) < 4.78 is 0. The Morgan fingerprint density at radius 2 is 2.29 bits per heavy atom. The van der Waals surface area contributed by atoms with E-state index in [1.807, 2.05) is 11.8 Å². The lowest BCUT2D eigenvalue weighted by Gasteiger charge is -2.21. The van der Waals surface area contributed by atoms with Gasteiger partial charge in [0.15, 0.2) is 5.13 Å². The lowest BCUT2D eigenvalue weighted by atomic mass is 10.0. The van der Waals surface area contributed by atoms with Gasteiger partial charge in [-0.1, -0.05) is 0 Å². The molecular formula is C9H14N2OS2. The molecule has 5 heteroatoms. The van der Waals surface area contributed by atoms with Crippen molar-refractivity contribution < 1.29 is 5.11 Å². The maximum absolute atomic E-state index is 9.05. The van der Waals surface area contributed by atoms with Crippen LogP contribution < -0.4 is 5.32 Å². The largest absolute Gasteiger partial charge is 0.493 e. The molecule has 0 amide bonds. The van der Waals surface area contributed by atoms with E-state index in [2.05, 4.69) is 10.3 Å². The summed E-state index contributed by atoms with van der Waals surface area (Å²) in [4.78, 5) is 3.95. The van der Waals surface area contributed by atoms with Gasteiger partial charge in [-0.3, -0.25) is 0 Å². The van der Waals surface area contributed by atoms with Crippen LogP contribution in [0.5, 0.6) is 5.88 Å². The number of hydrogen-bond donors (Lipinski definition) is 2. The number of aromatic nitrogens is 1. The Morgan fingerprint density at radius 3 is 2.93 bits per heavy atom. The van der Waals surface area contributed by atoms with E-state index < -0.39 is 0 Å². The highest BCUT2D eigenvalue weighted by Crippen LogP contribution is 2.24. The third-order valence-corrected chi connectivity index (χ3v) is 4.21. The Morgan fingerprint density at radius 1 is 1.50 bits per heavy atom. The molecule has 1 saturated heterocycles. The van der Waals surface area contributed by atoms with Crippen molar-refractivity contribution in [2.45, 2.75) is 12.8 Å². The molecule has 1 aromatic heterocycles. The topological polar surface area (TPSA) is 45.1 Å². The summed E-state index contributed by atoms with van der Waals surface area (Å²) in [5.41, 5.74) is 0. The van der Waals surface area contributed by atoms with Gasteiger partial charge in [-0.25, -0.2) is 0 Å². The third kappa shape index (κ3) is 2.78. The molecule has 0 aliphatic carbocycles. The molecule has 2 N–H and O–H groups in total. The van der Waals surface area contributed by atoms with Crippen LogP contribution in [0.15, 0.2) is 5.38 Å². The summed E-state index contributed by atoms with van der Waals surface area (Å²) in [6.07, 6.45) is 2.60. The highest BCUT2D eigenvalue weighted by atomic mass is 32.2. The van der Waals surface area contributed by atoms with Crippen molar-refractivity contribution in [2.75, 3.05) is 23.4 Å². The molecule has 3 nitrogen and oxygen atoms in total. The average Bonchev–Trinajstić information content (AvgIpc) is 2.63. The Hall–Kier alpha value is -0.420. The number of hydrogen-bond acceptors (Lipinski definition) is 5. The first-order valence-electron chi connectivity index (χ1n) is 4.80. The number of nitrogens with zero attached hydrogens (tertiary/aromatic N) is 1. The first-order chi connectivity index (χ1) is 6.84. The van der Waals surface area contributed by atoms with Crippen LogP contribution in [0, 0.1) is 5.92 Å². The fourth-order valence-corrected chi connectivity index (χ4v) is 3.32. The standard InChI is InChI=1S/C9H14N2OS2/c12-8-6-14-9(11-8)10-5-7-1-3-13-4-2-7/h6-7,12H,1-5H2,(H,10,11).